The minimum atomic E-state index is 0.0570. The van der Waals surface area contributed by atoms with Crippen LogP contribution in [0, 0.1) is 0 Å². The van der Waals surface area contributed by atoms with Gasteiger partial charge in [0.25, 0.3) is 0 Å². The van der Waals surface area contributed by atoms with E-state index in [4.69, 9.17) is 4.74 Å². The van der Waals surface area contributed by atoms with Crippen molar-refractivity contribution in [3.8, 4) is 11.5 Å². The van der Waals surface area contributed by atoms with Crippen molar-refractivity contribution < 1.29 is 14.6 Å². The molecule has 0 aliphatic rings. The van der Waals surface area contributed by atoms with Crippen LogP contribution in [0.1, 0.15) is 44.6 Å². The molecule has 0 unspecified atom stereocenters. The quantitative estimate of drug-likeness (QED) is 0.540. The summed E-state index contributed by atoms with van der Waals surface area (Å²) in [6, 6.07) is 5.07. The molecule has 0 aliphatic heterocycles. The first-order chi connectivity index (χ1) is 10.2. The maximum atomic E-state index is 11.7. The van der Waals surface area contributed by atoms with Crippen molar-refractivity contribution in [2.24, 2.45) is 0 Å². The summed E-state index contributed by atoms with van der Waals surface area (Å²) in [7, 11) is 1.50. The summed E-state index contributed by atoms with van der Waals surface area (Å²) >= 11 is 0. The molecule has 0 radical (unpaired) electrons. The van der Waals surface area contributed by atoms with E-state index >= 15 is 0 Å². The fourth-order valence-corrected chi connectivity index (χ4v) is 1.95. The lowest BCUT2D eigenvalue weighted by Crippen LogP contribution is -2.22. The molecule has 21 heavy (non-hydrogen) atoms. The third-order valence-corrected chi connectivity index (χ3v) is 3.16. The van der Waals surface area contributed by atoms with Gasteiger partial charge in [-0.05, 0) is 43.4 Å². The SMILES string of the molecule is CC/C=C/CCCCC(=O)NCc1ccc(O)c(OC)c1. The van der Waals surface area contributed by atoms with Gasteiger partial charge in [0, 0.05) is 13.0 Å². The Hall–Kier alpha value is -1.97. The topological polar surface area (TPSA) is 58.6 Å². The van der Waals surface area contributed by atoms with Gasteiger partial charge >= 0.3 is 0 Å². The number of carbonyl (C=O) groups excluding carboxylic acids is 1. The van der Waals surface area contributed by atoms with Gasteiger partial charge in [-0.1, -0.05) is 25.1 Å². The van der Waals surface area contributed by atoms with Crippen LogP contribution >= 0.6 is 0 Å². The lowest BCUT2D eigenvalue weighted by Gasteiger charge is -2.08. The molecule has 2 N–H and O–H groups in total. The molecule has 1 aromatic carbocycles. The number of benzene rings is 1. The zero-order valence-corrected chi connectivity index (χ0v) is 12.9. The molecular weight excluding hydrogens is 266 g/mol. The number of unbranched alkanes of at least 4 members (excludes halogenated alkanes) is 2. The summed E-state index contributed by atoms with van der Waals surface area (Å²) < 4.78 is 5.03. The number of amides is 1. The molecular formula is C17H25NO3. The van der Waals surface area contributed by atoms with Crippen LogP contribution in [0.2, 0.25) is 0 Å². The highest BCUT2D eigenvalue weighted by Gasteiger charge is 2.04. The Labute approximate surface area is 126 Å². The maximum Gasteiger partial charge on any atom is 0.220 e. The third-order valence-electron chi connectivity index (χ3n) is 3.16. The summed E-state index contributed by atoms with van der Waals surface area (Å²) in [6.07, 6.45) is 8.91. The molecule has 0 aliphatic carbocycles. The number of ether oxygens (including phenoxy) is 1. The van der Waals surface area contributed by atoms with Crippen LogP contribution in [0.25, 0.3) is 0 Å². The molecule has 116 valence electrons. The molecule has 1 aromatic rings. The number of methoxy groups -OCH3 is 1. The first-order valence-corrected chi connectivity index (χ1v) is 7.45. The third kappa shape index (κ3) is 6.84. The summed E-state index contributed by atoms with van der Waals surface area (Å²) in [4.78, 5) is 11.7. The van der Waals surface area contributed by atoms with Crippen molar-refractivity contribution in [2.75, 3.05) is 7.11 Å². The Morgan fingerprint density at radius 3 is 2.86 bits per heavy atom. The van der Waals surface area contributed by atoms with Gasteiger partial charge in [-0.15, -0.1) is 0 Å². The fourth-order valence-electron chi connectivity index (χ4n) is 1.95. The highest BCUT2D eigenvalue weighted by Crippen LogP contribution is 2.26. The summed E-state index contributed by atoms with van der Waals surface area (Å²) in [6.45, 7) is 2.56. The van der Waals surface area contributed by atoms with E-state index < -0.39 is 0 Å². The second-order valence-corrected chi connectivity index (χ2v) is 4.91. The standard InChI is InChI=1S/C17H25NO3/c1-3-4-5-6-7-8-9-17(20)18-13-14-10-11-15(19)16(12-14)21-2/h4-5,10-12,19H,3,6-9,13H2,1-2H3,(H,18,20)/b5-4+. The van der Waals surface area contributed by atoms with Crippen LogP contribution in [-0.2, 0) is 11.3 Å². The van der Waals surface area contributed by atoms with Crippen molar-refractivity contribution in [2.45, 2.75) is 45.6 Å². The molecule has 0 spiro atoms. The molecule has 0 aromatic heterocycles. The summed E-state index contributed by atoms with van der Waals surface area (Å²) in [5.41, 5.74) is 0.906. The van der Waals surface area contributed by atoms with Crippen LogP contribution in [0.15, 0.2) is 30.4 Å². The maximum absolute atomic E-state index is 11.7. The van der Waals surface area contributed by atoms with Crippen LogP contribution in [0.3, 0.4) is 0 Å². The van der Waals surface area contributed by atoms with Gasteiger partial charge in [0.2, 0.25) is 5.91 Å². The monoisotopic (exact) mass is 291 g/mol. The van der Waals surface area contributed by atoms with E-state index in [9.17, 15) is 9.90 Å². The van der Waals surface area contributed by atoms with Crippen LogP contribution in [-0.4, -0.2) is 18.1 Å². The average Bonchev–Trinajstić information content (AvgIpc) is 2.50. The zero-order valence-electron chi connectivity index (χ0n) is 12.9. The lowest BCUT2D eigenvalue weighted by molar-refractivity contribution is -0.121. The number of nitrogens with one attached hydrogen (secondary N) is 1. The zero-order chi connectivity index (χ0) is 15.5. The first-order valence-electron chi connectivity index (χ1n) is 7.45. The Balaban J connectivity index is 2.25. The van der Waals surface area contributed by atoms with Gasteiger partial charge < -0.3 is 15.2 Å². The highest BCUT2D eigenvalue weighted by molar-refractivity contribution is 5.75. The number of hydrogen-bond donors (Lipinski definition) is 2. The number of allylic oxidation sites excluding steroid dienone is 2. The normalized spacial score (nSPS) is 10.8. The number of hydrogen-bond acceptors (Lipinski definition) is 3. The van der Waals surface area contributed by atoms with Crippen molar-refractivity contribution in [3.63, 3.8) is 0 Å². The van der Waals surface area contributed by atoms with Crippen molar-refractivity contribution >= 4 is 5.91 Å². The Morgan fingerprint density at radius 1 is 1.33 bits per heavy atom. The second-order valence-electron chi connectivity index (χ2n) is 4.91. The molecule has 0 fully saturated rings. The smallest absolute Gasteiger partial charge is 0.220 e. The van der Waals surface area contributed by atoms with E-state index in [2.05, 4.69) is 24.4 Å². The van der Waals surface area contributed by atoms with E-state index in [0.29, 0.717) is 18.7 Å². The largest absolute Gasteiger partial charge is 0.504 e. The molecule has 1 rings (SSSR count). The highest BCUT2D eigenvalue weighted by atomic mass is 16.5. The predicted octanol–water partition coefficient (Wildman–Crippen LogP) is 3.54. The summed E-state index contributed by atoms with van der Waals surface area (Å²) in [5.74, 6) is 0.582. The molecule has 0 saturated carbocycles. The molecule has 4 nitrogen and oxygen atoms in total. The van der Waals surface area contributed by atoms with Crippen LogP contribution in [0.4, 0.5) is 0 Å². The van der Waals surface area contributed by atoms with E-state index in [1.807, 2.05) is 0 Å². The van der Waals surface area contributed by atoms with Crippen molar-refractivity contribution in [1.82, 2.24) is 5.32 Å². The molecule has 1 amide bonds. The molecule has 0 bridgehead atoms. The Kier molecular flexibility index (Phi) is 8.02. The first kappa shape index (κ1) is 17.1. The number of phenols is 1. The van der Waals surface area contributed by atoms with Crippen LogP contribution in [0.5, 0.6) is 11.5 Å². The molecule has 0 atom stereocenters. The van der Waals surface area contributed by atoms with E-state index in [0.717, 1.165) is 31.2 Å². The van der Waals surface area contributed by atoms with Gasteiger partial charge in [-0.2, -0.15) is 0 Å². The Morgan fingerprint density at radius 2 is 2.14 bits per heavy atom. The fraction of sp³-hybridized carbons (Fsp3) is 0.471. The second kappa shape index (κ2) is 9.86. The van der Waals surface area contributed by atoms with Gasteiger partial charge in [-0.25, -0.2) is 0 Å². The average molecular weight is 291 g/mol. The minimum Gasteiger partial charge on any atom is -0.504 e. The Bertz CT molecular complexity index is 469. The number of carbonyl (C=O) groups is 1. The van der Waals surface area contributed by atoms with Gasteiger partial charge in [0.1, 0.15) is 0 Å². The van der Waals surface area contributed by atoms with Gasteiger partial charge in [0.05, 0.1) is 7.11 Å². The predicted molar refractivity (Wildman–Crippen MR) is 84.4 cm³/mol. The summed E-state index contributed by atoms with van der Waals surface area (Å²) in [5, 5.41) is 12.4. The number of phenolic OH excluding ortho intramolecular Hbond substituents is 1. The molecule has 4 heteroatoms. The molecule has 0 heterocycles. The minimum absolute atomic E-state index is 0.0570. The van der Waals surface area contributed by atoms with E-state index in [1.165, 1.54) is 7.11 Å². The van der Waals surface area contributed by atoms with Crippen molar-refractivity contribution in [1.29, 1.82) is 0 Å². The molecule has 0 saturated heterocycles. The van der Waals surface area contributed by atoms with Crippen LogP contribution < -0.4 is 10.1 Å². The lowest BCUT2D eigenvalue weighted by atomic mass is 10.1. The van der Waals surface area contributed by atoms with Gasteiger partial charge in [0.15, 0.2) is 11.5 Å². The van der Waals surface area contributed by atoms with E-state index in [1.54, 1.807) is 18.2 Å². The van der Waals surface area contributed by atoms with E-state index in [-0.39, 0.29) is 11.7 Å². The van der Waals surface area contributed by atoms with Crippen molar-refractivity contribution in [3.05, 3.63) is 35.9 Å². The number of aromatic hydroxyl groups is 1. The number of rotatable bonds is 9. The van der Waals surface area contributed by atoms with Gasteiger partial charge in [-0.3, -0.25) is 4.79 Å².